The summed E-state index contributed by atoms with van der Waals surface area (Å²) in [4.78, 5) is 14.1. The molecule has 1 aromatic carbocycles. The Morgan fingerprint density at radius 1 is 0.692 bits per heavy atom. The molecule has 0 N–H and O–H groups in total. The highest BCUT2D eigenvalue weighted by Crippen LogP contribution is 2.13. The van der Waals surface area contributed by atoms with E-state index < -0.39 is 0 Å². The van der Waals surface area contributed by atoms with Gasteiger partial charge < -0.3 is 4.90 Å². The van der Waals surface area contributed by atoms with Crippen LogP contribution in [0.5, 0.6) is 0 Å². The standard InChI is InChI=1S/C24H41NO/c1-3-4-5-6-7-8-9-10-11-12-13-14-15-19-22-25(2)24(26)23-20-17-16-18-21-23/h16-18,20-21H,3-15,19,22H2,1-2H3. The molecule has 26 heavy (non-hydrogen) atoms. The molecule has 0 unspecified atom stereocenters. The number of nitrogens with zero attached hydrogens (tertiary/aromatic N) is 1. The van der Waals surface area contributed by atoms with Crippen molar-refractivity contribution < 1.29 is 4.79 Å². The molecule has 0 aliphatic heterocycles. The van der Waals surface area contributed by atoms with E-state index in [1.807, 2.05) is 42.3 Å². The second kappa shape index (κ2) is 15.9. The number of benzene rings is 1. The lowest BCUT2D eigenvalue weighted by Gasteiger charge is -2.17. The highest BCUT2D eigenvalue weighted by molar-refractivity contribution is 5.93. The van der Waals surface area contributed by atoms with Gasteiger partial charge in [-0.05, 0) is 18.6 Å². The van der Waals surface area contributed by atoms with Gasteiger partial charge in [-0.3, -0.25) is 4.79 Å². The molecule has 1 aromatic rings. The van der Waals surface area contributed by atoms with E-state index in [0.717, 1.165) is 18.5 Å². The van der Waals surface area contributed by atoms with E-state index in [-0.39, 0.29) is 5.91 Å². The third kappa shape index (κ3) is 11.3. The maximum absolute atomic E-state index is 12.2. The molecule has 148 valence electrons. The Balaban J connectivity index is 1.87. The van der Waals surface area contributed by atoms with Crippen LogP contribution in [-0.2, 0) is 0 Å². The van der Waals surface area contributed by atoms with Gasteiger partial charge in [-0.1, -0.05) is 109 Å². The molecule has 0 spiro atoms. The van der Waals surface area contributed by atoms with Crippen LogP contribution in [0.25, 0.3) is 0 Å². The molecular formula is C24H41NO. The quantitative estimate of drug-likeness (QED) is 0.285. The van der Waals surface area contributed by atoms with E-state index in [4.69, 9.17) is 0 Å². The van der Waals surface area contributed by atoms with Crippen molar-refractivity contribution in [1.29, 1.82) is 0 Å². The third-order valence-corrected chi connectivity index (χ3v) is 5.21. The zero-order valence-electron chi connectivity index (χ0n) is 17.3. The maximum Gasteiger partial charge on any atom is 0.253 e. The van der Waals surface area contributed by atoms with Crippen LogP contribution >= 0.6 is 0 Å². The van der Waals surface area contributed by atoms with E-state index in [0.29, 0.717) is 0 Å². The van der Waals surface area contributed by atoms with Gasteiger partial charge >= 0.3 is 0 Å². The average Bonchev–Trinajstić information content (AvgIpc) is 2.68. The van der Waals surface area contributed by atoms with E-state index in [1.165, 1.54) is 83.5 Å². The molecule has 0 fully saturated rings. The number of carbonyl (C=O) groups is 1. The van der Waals surface area contributed by atoms with Crippen LogP contribution in [0.2, 0.25) is 0 Å². The Kier molecular flexibility index (Phi) is 13.9. The van der Waals surface area contributed by atoms with Crippen molar-refractivity contribution in [1.82, 2.24) is 4.90 Å². The van der Waals surface area contributed by atoms with Crippen molar-refractivity contribution in [3.63, 3.8) is 0 Å². The lowest BCUT2D eigenvalue weighted by molar-refractivity contribution is 0.0792. The van der Waals surface area contributed by atoms with Gasteiger partial charge in [-0.2, -0.15) is 0 Å². The Morgan fingerprint density at radius 3 is 1.58 bits per heavy atom. The van der Waals surface area contributed by atoms with Crippen LogP contribution in [0.15, 0.2) is 30.3 Å². The van der Waals surface area contributed by atoms with Crippen molar-refractivity contribution in [2.45, 2.75) is 96.8 Å². The summed E-state index contributed by atoms with van der Waals surface area (Å²) in [6, 6.07) is 9.58. The predicted molar refractivity (Wildman–Crippen MR) is 114 cm³/mol. The lowest BCUT2D eigenvalue weighted by Crippen LogP contribution is -2.27. The average molecular weight is 360 g/mol. The summed E-state index contributed by atoms with van der Waals surface area (Å²) < 4.78 is 0. The highest BCUT2D eigenvalue weighted by atomic mass is 16.2. The molecule has 2 heteroatoms. The summed E-state index contributed by atoms with van der Waals surface area (Å²) in [7, 11) is 1.91. The fourth-order valence-corrected chi connectivity index (χ4v) is 3.45. The first-order chi connectivity index (χ1) is 12.8. The minimum absolute atomic E-state index is 0.139. The van der Waals surface area contributed by atoms with E-state index in [2.05, 4.69) is 6.92 Å². The Labute approximate surface area is 162 Å². The number of hydrogen-bond acceptors (Lipinski definition) is 1. The molecule has 0 aromatic heterocycles. The predicted octanol–water partition coefficient (Wildman–Crippen LogP) is 7.24. The second-order valence-corrected chi connectivity index (χ2v) is 7.69. The zero-order valence-corrected chi connectivity index (χ0v) is 17.3. The van der Waals surface area contributed by atoms with Gasteiger partial charge in [0.05, 0.1) is 0 Å². The van der Waals surface area contributed by atoms with Gasteiger partial charge in [0.15, 0.2) is 0 Å². The fraction of sp³-hybridized carbons (Fsp3) is 0.708. The van der Waals surface area contributed by atoms with Crippen LogP contribution in [0.1, 0.15) is 107 Å². The van der Waals surface area contributed by atoms with Crippen molar-refractivity contribution in [2.24, 2.45) is 0 Å². The molecule has 0 radical (unpaired) electrons. The van der Waals surface area contributed by atoms with Gasteiger partial charge in [0, 0.05) is 19.2 Å². The van der Waals surface area contributed by atoms with Crippen LogP contribution < -0.4 is 0 Å². The number of unbranched alkanes of at least 4 members (excludes halogenated alkanes) is 13. The number of carbonyl (C=O) groups excluding carboxylic acids is 1. The van der Waals surface area contributed by atoms with E-state index in [1.54, 1.807) is 0 Å². The highest BCUT2D eigenvalue weighted by Gasteiger charge is 2.09. The van der Waals surface area contributed by atoms with Crippen LogP contribution in [0.4, 0.5) is 0 Å². The van der Waals surface area contributed by atoms with E-state index in [9.17, 15) is 4.79 Å². The van der Waals surface area contributed by atoms with Gasteiger partial charge in [-0.15, -0.1) is 0 Å². The summed E-state index contributed by atoms with van der Waals surface area (Å²) in [5, 5.41) is 0. The van der Waals surface area contributed by atoms with Gasteiger partial charge in [0.2, 0.25) is 0 Å². The molecule has 0 heterocycles. The van der Waals surface area contributed by atoms with Crippen LogP contribution in [0.3, 0.4) is 0 Å². The van der Waals surface area contributed by atoms with Crippen molar-refractivity contribution in [3.8, 4) is 0 Å². The zero-order chi connectivity index (χ0) is 18.9. The fourth-order valence-electron chi connectivity index (χ4n) is 3.45. The van der Waals surface area contributed by atoms with Gasteiger partial charge in [0.1, 0.15) is 0 Å². The minimum atomic E-state index is 0.139. The SMILES string of the molecule is CCCCCCCCCCCCCCCCN(C)C(=O)c1ccccc1. The van der Waals surface area contributed by atoms with Gasteiger partial charge in [0.25, 0.3) is 5.91 Å². The molecule has 0 saturated carbocycles. The summed E-state index contributed by atoms with van der Waals surface area (Å²) >= 11 is 0. The monoisotopic (exact) mass is 359 g/mol. The smallest absolute Gasteiger partial charge is 0.253 e. The Morgan fingerprint density at radius 2 is 1.12 bits per heavy atom. The number of hydrogen-bond donors (Lipinski definition) is 0. The molecule has 1 amide bonds. The van der Waals surface area contributed by atoms with E-state index >= 15 is 0 Å². The molecular weight excluding hydrogens is 318 g/mol. The third-order valence-electron chi connectivity index (χ3n) is 5.21. The maximum atomic E-state index is 12.2. The van der Waals surface area contributed by atoms with Gasteiger partial charge in [-0.25, -0.2) is 0 Å². The van der Waals surface area contributed by atoms with Crippen LogP contribution in [0, 0.1) is 0 Å². The van der Waals surface area contributed by atoms with Crippen molar-refractivity contribution >= 4 is 5.91 Å². The first kappa shape index (κ1) is 22.7. The number of amides is 1. The second-order valence-electron chi connectivity index (χ2n) is 7.69. The normalized spacial score (nSPS) is 10.8. The molecule has 0 aliphatic carbocycles. The van der Waals surface area contributed by atoms with Crippen LogP contribution in [-0.4, -0.2) is 24.4 Å². The first-order valence-electron chi connectivity index (χ1n) is 11.1. The largest absolute Gasteiger partial charge is 0.342 e. The summed E-state index contributed by atoms with van der Waals surface area (Å²) in [5.74, 6) is 0.139. The molecule has 1 rings (SSSR count). The topological polar surface area (TPSA) is 20.3 Å². The summed E-state index contributed by atoms with van der Waals surface area (Å²) in [5.41, 5.74) is 0.792. The minimum Gasteiger partial charge on any atom is -0.342 e. The Bertz CT molecular complexity index is 443. The molecule has 0 atom stereocenters. The Hall–Kier alpha value is -1.31. The molecule has 0 bridgehead atoms. The molecule has 0 saturated heterocycles. The molecule has 2 nitrogen and oxygen atoms in total. The summed E-state index contributed by atoms with van der Waals surface area (Å²) in [6.45, 7) is 3.15. The number of rotatable bonds is 16. The van der Waals surface area contributed by atoms with Crippen molar-refractivity contribution in [3.05, 3.63) is 35.9 Å². The first-order valence-corrected chi connectivity index (χ1v) is 11.1. The van der Waals surface area contributed by atoms with Crippen molar-refractivity contribution in [2.75, 3.05) is 13.6 Å². The molecule has 0 aliphatic rings. The summed E-state index contributed by atoms with van der Waals surface area (Å²) in [6.07, 6.45) is 19.2. The lowest BCUT2D eigenvalue weighted by atomic mass is 10.0.